The van der Waals surface area contributed by atoms with Crippen LogP contribution in [0.4, 0.5) is 0 Å². The summed E-state index contributed by atoms with van der Waals surface area (Å²) in [5.74, 6) is 0. The first-order valence-electron chi connectivity index (χ1n) is 14.3. The van der Waals surface area contributed by atoms with Crippen LogP contribution in [-0.4, -0.2) is 76.5 Å². The highest BCUT2D eigenvalue weighted by Crippen LogP contribution is 2.31. The second kappa shape index (κ2) is 11.1. The number of fused-ring (bicyclic) bond motifs is 2. The first kappa shape index (κ1) is 26.4. The van der Waals surface area contributed by atoms with Crippen LogP contribution in [0, 0.1) is 6.92 Å². The molecule has 0 bridgehead atoms. The smallest absolute Gasteiger partial charge is 0.160 e. The standard InChI is InChI=1S/C32H32N8O2/c1-3-38-18-29(35-20-38)28-9-8-26-25(10-11-33-32(26)36-28)30-15-34-31-14-27(21(2)37-40(30)31)23-6-4-22(5-7-23)16-39-12-13-42-24(17-39)19-41/h4-11,14-15,18,20,24,41H,3,12-13,16-17,19H2,1-2H3/t24-/m0/s1. The van der Waals surface area contributed by atoms with Crippen LogP contribution in [0.15, 0.2) is 73.4 Å². The van der Waals surface area contributed by atoms with E-state index in [4.69, 9.17) is 19.8 Å². The predicted molar refractivity (Wildman–Crippen MR) is 161 cm³/mol. The number of aryl methyl sites for hydroxylation is 2. The van der Waals surface area contributed by atoms with E-state index in [0.29, 0.717) is 12.3 Å². The molecule has 212 valence electrons. The molecular formula is C32H32N8O2. The van der Waals surface area contributed by atoms with E-state index in [0.717, 1.165) is 76.7 Å². The third-order valence-corrected chi connectivity index (χ3v) is 7.92. The molecule has 10 nitrogen and oxygen atoms in total. The minimum absolute atomic E-state index is 0.0565. The maximum absolute atomic E-state index is 9.44. The van der Waals surface area contributed by atoms with Crippen molar-refractivity contribution < 1.29 is 9.84 Å². The fraction of sp³-hybridized carbons (Fsp3) is 0.281. The highest BCUT2D eigenvalue weighted by molar-refractivity contribution is 5.93. The molecule has 1 N–H and O–H groups in total. The summed E-state index contributed by atoms with van der Waals surface area (Å²) in [6.45, 7) is 8.13. The van der Waals surface area contributed by atoms with Gasteiger partial charge in [-0.2, -0.15) is 5.10 Å². The van der Waals surface area contributed by atoms with Crippen LogP contribution in [0.1, 0.15) is 18.2 Å². The Hall–Kier alpha value is -4.51. The van der Waals surface area contributed by atoms with Crippen molar-refractivity contribution in [3.05, 3.63) is 84.7 Å². The molecule has 0 amide bonds. The first-order valence-corrected chi connectivity index (χ1v) is 14.3. The molecule has 1 saturated heterocycles. The van der Waals surface area contributed by atoms with Crippen LogP contribution in [0.2, 0.25) is 0 Å². The van der Waals surface area contributed by atoms with E-state index < -0.39 is 0 Å². The van der Waals surface area contributed by atoms with Crippen LogP contribution in [0.3, 0.4) is 0 Å². The van der Waals surface area contributed by atoms with Crippen molar-refractivity contribution >= 4 is 16.7 Å². The molecule has 0 saturated carbocycles. The number of rotatable bonds is 7. The average Bonchev–Trinajstić information content (AvgIpc) is 3.68. The molecule has 0 unspecified atom stereocenters. The lowest BCUT2D eigenvalue weighted by Gasteiger charge is -2.32. The second-order valence-corrected chi connectivity index (χ2v) is 10.7. The summed E-state index contributed by atoms with van der Waals surface area (Å²) >= 11 is 0. The number of imidazole rings is 2. The number of aromatic nitrogens is 7. The summed E-state index contributed by atoms with van der Waals surface area (Å²) in [6.07, 6.45) is 7.36. The number of morpholine rings is 1. The lowest BCUT2D eigenvalue weighted by atomic mass is 10.0. The predicted octanol–water partition coefficient (Wildman–Crippen LogP) is 4.39. The van der Waals surface area contributed by atoms with Gasteiger partial charge in [0.15, 0.2) is 11.3 Å². The summed E-state index contributed by atoms with van der Waals surface area (Å²) in [4.78, 5) is 20.9. The number of nitrogens with zero attached hydrogens (tertiary/aromatic N) is 8. The van der Waals surface area contributed by atoms with Gasteiger partial charge < -0.3 is 14.4 Å². The summed E-state index contributed by atoms with van der Waals surface area (Å²) in [7, 11) is 0. The van der Waals surface area contributed by atoms with Crippen molar-refractivity contribution in [3.63, 3.8) is 0 Å². The van der Waals surface area contributed by atoms with Gasteiger partial charge in [0, 0.05) is 55.1 Å². The zero-order chi connectivity index (χ0) is 28.6. The number of benzene rings is 1. The van der Waals surface area contributed by atoms with Gasteiger partial charge in [-0.25, -0.2) is 24.5 Å². The van der Waals surface area contributed by atoms with Gasteiger partial charge in [0.05, 0.1) is 48.9 Å². The number of ether oxygens (including phenoxy) is 1. The fourth-order valence-electron chi connectivity index (χ4n) is 5.62. The van der Waals surface area contributed by atoms with Crippen molar-refractivity contribution in [2.24, 2.45) is 0 Å². The Morgan fingerprint density at radius 3 is 2.69 bits per heavy atom. The highest BCUT2D eigenvalue weighted by Gasteiger charge is 2.20. The Morgan fingerprint density at radius 2 is 1.88 bits per heavy atom. The third-order valence-electron chi connectivity index (χ3n) is 7.92. The monoisotopic (exact) mass is 560 g/mol. The lowest BCUT2D eigenvalue weighted by Crippen LogP contribution is -2.43. The Bertz CT molecular complexity index is 1880. The Labute approximate surface area is 243 Å². The van der Waals surface area contributed by atoms with Crippen LogP contribution in [-0.2, 0) is 17.8 Å². The fourth-order valence-corrected chi connectivity index (χ4v) is 5.62. The Morgan fingerprint density at radius 1 is 1.00 bits per heavy atom. The minimum atomic E-state index is -0.104. The minimum Gasteiger partial charge on any atom is -0.394 e. The molecule has 0 radical (unpaired) electrons. The van der Waals surface area contributed by atoms with Crippen LogP contribution in [0.5, 0.6) is 0 Å². The van der Waals surface area contributed by atoms with Crippen molar-refractivity contribution in [2.45, 2.75) is 33.0 Å². The summed E-state index contributed by atoms with van der Waals surface area (Å²) in [5, 5.41) is 15.3. The van der Waals surface area contributed by atoms with Gasteiger partial charge in [-0.1, -0.05) is 24.3 Å². The molecule has 42 heavy (non-hydrogen) atoms. The van der Waals surface area contributed by atoms with E-state index in [2.05, 4.69) is 52.1 Å². The molecular weight excluding hydrogens is 528 g/mol. The average molecular weight is 561 g/mol. The van der Waals surface area contributed by atoms with Crippen molar-refractivity contribution in [3.8, 4) is 33.8 Å². The van der Waals surface area contributed by atoms with E-state index in [-0.39, 0.29) is 12.7 Å². The third kappa shape index (κ3) is 4.94. The van der Waals surface area contributed by atoms with Gasteiger partial charge in [-0.15, -0.1) is 0 Å². The van der Waals surface area contributed by atoms with Crippen molar-refractivity contribution in [2.75, 3.05) is 26.3 Å². The normalized spacial score (nSPS) is 16.0. The van der Waals surface area contributed by atoms with Crippen molar-refractivity contribution in [1.29, 1.82) is 0 Å². The van der Waals surface area contributed by atoms with Crippen molar-refractivity contribution in [1.82, 2.24) is 39.0 Å². The summed E-state index contributed by atoms with van der Waals surface area (Å²) in [6, 6.07) is 16.7. The molecule has 1 aliphatic rings. The molecule has 10 heteroatoms. The molecule has 0 spiro atoms. The van der Waals surface area contributed by atoms with E-state index >= 15 is 0 Å². The maximum atomic E-state index is 9.44. The molecule has 1 fully saturated rings. The number of hydrogen-bond donors (Lipinski definition) is 1. The quantitative estimate of drug-likeness (QED) is 0.306. The van der Waals surface area contributed by atoms with Gasteiger partial charge in [0.1, 0.15) is 5.69 Å². The first-order chi connectivity index (χ1) is 20.6. The molecule has 6 aromatic rings. The Balaban J connectivity index is 1.17. The molecule has 1 aromatic carbocycles. The molecule has 1 aliphatic heterocycles. The molecule has 0 aliphatic carbocycles. The second-order valence-electron chi connectivity index (χ2n) is 10.7. The molecule has 5 aromatic heterocycles. The SMILES string of the molecule is CCn1cnc(-c2ccc3c(-c4cnc5cc(-c6ccc(CN7CCO[C@H](CO)C7)cc6)c(C)nn45)ccnc3n2)c1. The van der Waals surface area contributed by atoms with Gasteiger partial charge in [-0.05, 0) is 49.2 Å². The highest BCUT2D eigenvalue weighted by atomic mass is 16.5. The largest absolute Gasteiger partial charge is 0.394 e. The molecule has 1 atom stereocenters. The van der Waals surface area contributed by atoms with Gasteiger partial charge >= 0.3 is 0 Å². The van der Waals surface area contributed by atoms with Crippen LogP contribution < -0.4 is 0 Å². The zero-order valence-corrected chi connectivity index (χ0v) is 23.7. The summed E-state index contributed by atoms with van der Waals surface area (Å²) < 4.78 is 9.51. The number of pyridine rings is 2. The van der Waals surface area contributed by atoms with Gasteiger partial charge in [0.2, 0.25) is 0 Å². The molecule has 6 heterocycles. The number of hydrogen-bond acceptors (Lipinski definition) is 8. The van der Waals surface area contributed by atoms with E-state index in [1.165, 1.54) is 5.56 Å². The van der Waals surface area contributed by atoms with E-state index in [1.807, 2.05) is 52.9 Å². The topological polar surface area (TPSA) is 106 Å². The number of aliphatic hydroxyl groups is 1. The van der Waals surface area contributed by atoms with E-state index in [1.54, 1.807) is 6.20 Å². The van der Waals surface area contributed by atoms with Crippen LogP contribution in [0.25, 0.3) is 50.5 Å². The van der Waals surface area contributed by atoms with Gasteiger partial charge in [0.25, 0.3) is 0 Å². The van der Waals surface area contributed by atoms with Crippen LogP contribution >= 0.6 is 0 Å². The number of aliphatic hydroxyl groups excluding tert-OH is 1. The molecule has 7 rings (SSSR count). The zero-order valence-electron chi connectivity index (χ0n) is 23.7. The summed E-state index contributed by atoms with van der Waals surface area (Å²) in [5.41, 5.74) is 9.21. The van der Waals surface area contributed by atoms with Gasteiger partial charge in [-0.3, -0.25) is 4.90 Å². The maximum Gasteiger partial charge on any atom is 0.160 e. The lowest BCUT2D eigenvalue weighted by molar-refractivity contribution is -0.0551. The van der Waals surface area contributed by atoms with E-state index in [9.17, 15) is 5.11 Å². The Kier molecular flexibility index (Phi) is 6.94.